The van der Waals surface area contributed by atoms with Crippen LogP contribution in [-0.2, 0) is 0 Å². The monoisotopic (exact) mass is 435 g/mol. The van der Waals surface area contributed by atoms with Crippen LogP contribution in [0.25, 0.3) is 11.3 Å². The Morgan fingerprint density at radius 1 is 1.07 bits per heavy atom. The Labute approximate surface area is 174 Å². The van der Waals surface area contributed by atoms with E-state index in [9.17, 15) is 17.6 Å². The number of methoxy groups -OCH3 is 1. The van der Waals surface area contributed by atoms with Crippen LogP contribution in [0.3, 0.4) is 0 Å². The first kappa shape index (κ1) is 20.3. The number of nitrogens with zero attached hydrogens (tertiary/aromatic N) is 3. The number of halogens is 4. The molecule has 1 atom stereocenters. The fourth-order valence-electron chi connectivity index (χ4n) is 3.20. The van der Waals surface area contributed by atoms with Crippen molar-refractivity contribution in [1.29, 1.82) is 0 Å². The number of hydrogen-bond acceptors (Lipinski definition) is 5. The van der Waals surface area contributed by atoms with Gasteiger partial charge in [-0.05, 0) is 29.8 Å². The Bertz CT molecular complexity index is 1040. The van der Waals surface area contributed by atoms with E-state index in [2.05, 4.69) is 10.1 Å². The van der Waals surface area contributed by atoms with Gasteiger partial charge in [0.1, 0.15) is 11.8 Å². The van der Waals surface area contributed by atoms with E-state index in [-0.39, 0.29) is 11.6 Å². The molecule has 2 aromatic carbocycles. The summed E-state index contributed by atoms with van der Waals surface area (Å²) < 4.78 is 60.3. The number of aromatic nitrogens is 1. The van der Waals surface area contributed by atoms with Crippen LogP contribution in [0.15, 0.2) is 65.1 Å². The van der Waals surface area contributed by atoms with Crippen molar-refractivity contribution in [3.8, 4) is 17.0 Å². The standard InChI is InChI=1S/C21H17F4N3OS/c1-29-15-9-7-14(8-10-15)16-11-18(21(24,25)19(22)23)28(27-16)20-26-17(12-30-20)13-5-3-2-4-6-13/h2-10,12,18-19H,11H2,1H3/t18-/m0/s1. The summed E-state index contributed by atoms with van der Waals surface area (Å²) in [6.45, 7) is 0. The average molecular weight is 435 g/mol. The zero-order valence-electron chi connectivity index (χ0n) is 15.8. The summed E-state index contributed by atoms with van der Waals surface area (Å²) >= 11 is 1.09. The zero-order chi connectivity index (χ0) is 21.3. The van der Waals surface area contributed by atoms with Gasteiger partial charge in [0.05, 0.1) is 18.5 Å². The van der Waals surface area contributed by atoms with Gasteiger partial charge < -0.3 is 4.74 Å². The van der Waals surface area contributed by atoms with Crippen molar-refractivity contribution in [1.82, 2.24) is 4.98 Å². The molecule has 0 saturated heterocycles. The molecule has 1 aromatic heterocycles. The quantitative estimate of drug-likeness (QED) is 0.466. The first-order chi connectivity index (χ1) is 14.4. The smallest absolute Gasteiger partial charge is 0.329 e. The SMILES string of the molecule is COc1ccc(C2=NN(c3nc(-c4ccccc4)cs3)[C@H](C(F)(F)C(F)F)C2)cc1. The second kappa shape index (κ2) is 8.06. The third kappa shape index (κ3) is 3.77. The second-order valence-electron chi connectivity index (χ2n) is 6.70. The maximum atomic E-state index is 14.4. The highest BCUT2D eigenvalue weighted by Crippen LogP contribution is 2.40. The molecule has 0 saturated carbocycles. The zero-order valence-corrected chi connectivity index (χ0v) is 16.6. The van der Waals surface area contributed by atoms with Gasteiger partial charge in [0, 0.05) is 17.4 Å². The molecule has 3 aromatic rings. The van der Waals surface area contributed by atoms with Crippen molar-refractivity contribution in [2.45, 2.75) is 24.8 Å². The molecular weight excluding hydrogens is 418 g/mol. The molecule has 0 aliphatic carbocycles. The first-order valence-electron chi connectivity index (χ1n) is 9.08. The molecule has 1 aliphatic heterocycles. The Morgan fingerprint density at radius 2 is 1.77 bits per heavy atom. The molecule has 0 radical (unpaired) electrons. The van der Waals surface area contributed by atoms with E-state index in [0.717, 1.165) is 21.9 Å². The lowest BCUT2D eigenvalue weighted by Gasteiger charge is -2.28. The van der Waals surface area contributed by atoms with Crippen LogP contribution < -0.4 is 9.75 Å². The summed E-state index contributed by atoms with van der Waals surface area (Å²) in [6, 6.07) is 14.0. The van der Waals surface area contributed by atoms with Crippen LogP contribution in [-0.4, -0.2) is 36.2 Å². The summed E-state index contributed by atoms with van der Waals surface area (Å²) in [5, 5.41) is 7.04. The summed E-state index contributed by atoms with van der Waals surface area (Å²) in [5.41, 5.74) is 2.23. The molecule has 156 valence electrons. The highest BCUT2D eigenvalue weighted by molar-refractivity contribution is 7.14. The van der Waals surface area contributed by atoms with E-state index >= 15 is 0 Å². The molecule has 4 rings (SSSR count). The van der Waals surface area contributed by atoms with E-state index in [1.165, 1.54) is 7.11 Å². The van der Waals surface area contributed by atoms with Crippen molar-refractivity contribution >= 4 is 22.2 Å². The molecule has 9 heteroatoms. The summed E-state index contributed by atoms with van der Waals surface area (Å²) in [6.07, 6.45) is -4.15. The number of rotatable bonds is 6. The minimum absolute atomic E-state index is 0.141. The van der Waals surface area contributed by atoms with E-state index < -0.39 is 18.4 Å². The van der Waals surface area contributed by atoms with E-state index in [1.807, 2.05) is 30.3 Å². The number of thiazole rings is 1. The van der Waals surface area contributed by atoms with Crippen LogP contribution in [0.5, 0.6) is 5.75 Å². The summed E-state index contributed by atoms with van der Waals surface area (Å²) in [7, 11) is 1.51. The van der Waals surface area contributed by atoms with Gasteiger partial charge in [-0.25, -0.2) is 18.8 Å². The summed E-state index contributed by atoms with van der Waals surface area (Å²) in [5.74, 6) is -3.66. The van der Waals surface area contributed by atoms with Crippen molar-refractivity contribution < 1.29 is 22.3 Å². The van der Waals surface area contributed by atoms with E-state index in [1.54, 1.807) is 29.6 Å². The molecule has 4 nitrogen and oxygen atoms in total. The predicted molar refractivity (Wildman–Crippen MR) is 109 cm³/mol. The number of hydrazone groups is 1. The third-order valence-corrected chi connectivity index (χ3v) is 5.66. The van der Waals surface area contributed by atoms with Crippen molar-refractivity contribution in [2.75, 3.05) is 12.1 Å². The maximum Gasteiger partial charge on any atom is 0.329 e. The number of hydrogen-bond donors (Lipinski definition) is 0. The topological polar surface area (TPSA) is 37.7 Å². The molecule has 0 N–H and O–H groups in total. The Hall–Kier alpha value is -2.94. The van der Waals surface area contributed by atoms with Gasteiger partial charge in [0.15, 0.2) is 0 Å². The molecular formula is C21H17F4N3OS. The van der Waals surface area contributed by atoms with Crippen LogP contribution in [0.2, 0.25) is 0 Å². The van der Waals surface area contributed by atoms with Gasteiger partial charge >= 0.3 is 12.3 Å². The van der Waals surface area contributed by atoms with Gasteiger partial charge in [0.25, 0.3) is 0 Å². The average Bonchev–Trinajstić information content (AvgIpc) is 3.42. The molecule has 0 unspecified atom stereocenters. The number of alkyl halides is 4. The molecule has 2 heterocycles. The van der Waals surface area contributed by atoms with Crippen molar-refractivity contribution in [2.24, 2.45) is 5.10 Å². The second-order valence-corrected chi connectivity index (χ2v) is 7.53. The number of anilines is 1. The minimum Gasteiger partial charge on any atom is -0.497 e. The van der Waals surface area contributed by atoms with E-state index in [4.69, 9.17) is 4.74 Å². The fourth-order valence-corrected chi connectivity index (χ4v) is 4.03. The molecule has 0 spiro atoms. The largest absolute Gasteiger partial charge is 0.497 e. The van der Waals surface area contributed by atoms with E-state index in [0.29, 0.717) is 22.7 Å². The van der Waals surface area contributed by atoms with Crippen molar-refractivity contribution in [3.63, 3.8) is 0 Å². The molecule has 0 amide bonds. The minimum atomic E-state index is -4.25. The van der Waals surface area contributed by atoms with Crippen molar-refractivity contribution in [3.05, 3.63) is 65.5 Å². The van der Waals surface area contributed by atoms with Gasteiger partial charge in [-0.3, -0.25) is 0 Å². The number of ether oxygens (including phenoxy) is 1. The van der Waals surface area contributed by atoms with Gasteiger partial charge in [-0.2, -0.15) is 13.9 Å². The lowest BCUT2D eigenvalue weighted by molar-refractivity contribution is -0.141. The Kier molecular flexibility index (Phi) is 5.46. The Balaban J connectivity index is 1.71. The van der Waals surface area contributed by atoms with Crippen LogP contribution in [0, 0.1) is 0 Å². The molecule has 0 fully saturated rings. The van der Waals surface area contributed by atoms with Gasteiger partial charge in [-0.15, -0.1) is 11.3 Å². The number of benzene rings is 2. The Morgan fingerprint density at radius 3 is 2.40 bits per heavy atom. The van der Waals surface area contributed by atoms with Gasteiger partial charge in [-0.1, -0.05) is 30.3 Å². The lowest BCUT2D eigenvalue weighted by atomic mass is 10.00. The first-order valence-corrected chi connectivity index (χ1v) is 9.96. The van der Waals surface area contributed by atoms with Crippen LogP contribution in [0.1, 0.15) is 12.0 Å². The van der Waals surface area contributed by atoms with Crippen LogP contribution in [0.4, 0.5) is 22.7 Å². The maximum absolute atomic E-state index is 14.4. The normalized spacial score (nSPS) is 16.8. The highest BCUT2D eigenvalue weighted by atomic mass is 32.1. The molecule has 0 bridgehead atoms. The summed E-state index contributed by atoms with van der Waals surface area (Å²) in [4.78, 5) is 4.38. The molecule has 1 aliphatic rings. The fraction of sp³-hybridized carbons (Fsp3) is 0.238. The molecule has 30 heavy (non-hydrogen) atoms. The predicted octanol–water partition coefficient (Wildman–Crippen LogP) is 5.70. The third-order valence-electron chi connectivity index (χ3n) is 4.83. The highest BCUT2D eigenvalue weighted by Gasteiger charge is 2.54. The van der Waals surface area contributed by atoms with Gasteiger partial charge in [0.2, 0.25) is 5.13 Å². The van der Waals surface area contributed by atoms with Crippen LogP contribution >= 0.6 is 11.3 Å². The lowest BCUT2D eigenvalue weighted by Crippen LogP contribution is -2.48.